The van der Waals surface area contributed by atoms with E-state index in [2.05, 4.69) is 6.07 Å². The first-order valence-electron chi connectivity index (χ1n) is 10.6. The van der Waals surface area contributed by atoms with Crippen LogP contribution in [0.3, 0.4) is 0 Å². The predicted octanol–water partition coefficient (Wildman–Crippen LogP) is 2.51. The number of hydrogen-bond donors (Lipinski definition) is 2. The molecule has 6 nitrogen and oxygen atoms in total. The first kappa shape index (κ1) is 22.0. The van der Waals surface area contributed by atoms with E-state index in [4.69, 9.17) is 5.73 Å². The van der Waals surface area contributed by atoms with Crippen LogP contribution in [-0.4, -0.2) is 60.0 Å². The Hall–Kier alpha value is -2.70. The second-order valence-corrected chi connectivity index (χ2v) is 8.00. The number of nitrogens with zero attached hydrogens (tertiary/aromatic N) is 2. The summed E-state index contributed by atoms with van der Waals surface area (Å²) in [6.07, 6.45) is 2.82. The van der Waals surface area contributed by atoms with Gasteiger partial charge in [0.1, 0.15) is 0 Å². The van der Waals surface area contributed by atoms with E-state index < -0.39 is 0 Å². The monoisotopic (exact) mass is 409 g/mol. The Balaban J connectivity index is 1.69. The van der Waals surface area contributed by atoms with Crippen molar-refractivity contribution in [3.63, 3.8) is 0 Å². The summed E-state index contributed by atoms with van der Waals surface area (Å²) in [4.78, 5) is 28.1. The lowest BCUT2D eigenvalue weighted by Gasteiger charge is -2.32. The van der Waals surface area contributed by atoms with Crippen molar-refractivity contribution >= 4 is 11.8 Å². The van der Waals surface area contributed by atoms with Gasteiger partial charge in [0.25, 0.3) is 5.91 Å². The van der Waals surface area contributed by atoms with E-state index >= 15 is 0 Å². The molecule has 1 atom stereocenters. The summed E-state index contributed by atoms with van der Waals surface area (Å²) in [5, 5.41) is 9.18. The fourth-order valence-corrected chi connectivity index (χ4v) is 4.02. The second kappa shape index (κ2) is 10.4. The highest BCUT2D eigenvalue weighted by Gasteiger charge is 2.24. The van der Waals surface area contributed by atoms with Gasteiger partial charge in [-0.25, -0.2) is 0 Å². The normalized spacial score (nSPS) is 16.4. The summed E-state index contributed by atoms with van der Waals surface area (Å²) in [6.45, 7) is 2.18. The molecular weight excluding hydrogens is 378 g/mol. The molecule has 2 aromatic rings. The van der Waals surface area contributed by atoms with E-state index in [0.29, 0.717) is 18.0 Å². The largest absolute Gasteiger partial charge is 0.396 e. The lowest BCUT2D eigenvalue weighted by Crippen LogP contribution is -2.40. The van der Waals surface area contributed by atoms with Gasteiger partial charge in [0.05, 0.1) is 6.54 Å². The lowest BCUT2D eigenvalue weighted by atomic mass is 9.94. The van der Waals surface area contributed by atoms with Gasteiger partial charge < -0.3 is 20.6 Å². The maximum Gasteiger partial charge on any atom is 0.253 e. The number of benzene rings is 2. The molecule has 1 saturated heterocycles. The number of likely N-dealkylation sites (tertiary alicyclic amines) is 1. The minimum atomic E-state index is -0.0952. The van der Waals surface area contributed by atoms with Crippen molar-refractivity contribution in [2.75, 3.05) is 33.3 Å². The fraction of sp³-hybridized carbons (Fsp3) is 0.417. The van der Waals surface area contributed by atoms with Gasteiger partial charge in [0, 0.05) is 38.9 Å². The molecule has 1 heterocycles. The van der Waals surface area contributed by atoms with Gasteiger partial charge in [-0.2, -0.15) is 0 Å². The third-order valence-corrected chi connectivity index (χ3v) is 5.76. The number of carbonyl (C=O) groups excluding carboxylic acids is 2. The zero-order chi connectivity index (χ0) is 21.5. The summed E-state index contributed by atoms with van der Waals surface area (Å²) >= 11 is 0. The second-order valence-electron chi connectivity index (χ2n) is 8.00. The van der Waals surface area contributed by atoms with Gasteiger partial charge in [-0.1, -0.05) is 30.3 Å². The van der Waals surface area contributed by atoms with Crippen LogP contribution in [0.25, 0.3) is 11.1 Å². The number of rotatable bonds is 7. The van der Waals surface area contributed by atoms with E-state index in [9.17, 15) is 14.7 Å². The quantitative estimate of drug-likeness (QED) is 0.736. The highest BCUT2D eigenvalue weighted by Crippen LogP contribution is 2.24. The van der Waals surface area contributed by atoms with Crippen LogP contribution in [0.2, 0.25) is 0 Å². The Morgan fingerprint density at radius 2 is 1.93 bits per heavy atom. The standard InChI is InChI=1S/C24H31N3O3/c1-26(23(29)15-25)16-19-4-2-6-22(14-19)20-7-9-21(10-8-20)24(30)27-12-3-5-18(17-27)11-13-28/h2,4,6-10,14,18,28H,3,5,11-13,15-17,25H2,1H3. The molecule has 6 heteroatoms. The molecule has 0 bridgehead atoms. The Bertz CT molecular complexity index is 864. The molecule has 1 aliphatic rings. The third kappa shape index (κ3) is 5.46. The summed E-state index contributed by atoms with van der Waals surface area (Å²) < 4.78 is 0. The maximum atomic E-state index is 12.9. The minimum Gasteiger partial charge on any atom is -0.396 e. The number of hydrogen-bond acceptors (Lipinski definition) is 4. The number of nitrogens with two attached hydrogens (primary N) is 1. The molecule has 0 aromatic heterocycles. The van der Waals surface area contributed by atoms with Crippen molar-refractivity contribution in [2.24, 2.45) is 11.7 Å². The number of piperidine rings is 1. The fourth-order valence-electron chi connectivity index (χ4n) is 4.02. The highest BCUT2D eigenvalue weighted by molar-refractivity contribution is 5.94. The molecule has 0 spiro atoms. The van der Waals surface area contributed by atoms with Crippen LogP contribution in [0.1, 0.15) is 35.2 Å². The molecule has 30 heavy (non-hydrogen) atoms. The van der Waals surface area contributed by atoms with E-state index in [0.717, 1.165) is 49.0 Å². The molecule has 1 aliphatic heterocycles. The van der Waals surface area contributed by atoms with Crippen LogP contribution in [-0.2, 0) is 11.3 Å². The van der Waals surface area contributed by atoms with Crippen molar-refractivity contribution in [3.8, 4) is 11.1 Å². The average Bonchev–Trinajstić information content (AvgIpc) is 2.78. The third-order valence-electron chi connectivity index (χ3n) is 5.76. The molecule has 1 fully saturated rings. The number of carbonyl (C=O) groups is 2. The van der Waals surface area contributed by atoms with Crippen LogP contribution in [0.4, 0.5) is 0 Å². The number of aliphatic hydroxyl groups excluding tert-OH is 1. The van der Waals surface area contributed by atoms with Crippen molar-refractivity contribution in [1.29, 1.82) is 0 Å². The minimum absolute atomic E-state index is 0.00342. The Kier molecular flexibility index (Phi) is 7.60. The van der Waals surface area contributed by atoms with Crippen LogP contribution in [0, 0.1) is 5.92 Å². The molecule has 3 rings (SSSR count). The molecular formula is C24H31N3O3. The maximum absolute atomic E-state index is 12.9. The van der Waals surface area contributed by atoms with Gasteiger partial charge in [-0.15, -0.1) is 0 Å². The van der Waals surface area contributed by atoms with Crippen molar-refractivity contribution in [1.82, 2.24) is 9.80 Å². The molecule has 3 N–H and O–H groups in total. The van der Waals surface area contributed by atoms with Crippen LogP contribution in [0.5, 0.6) is 0 Å². The molecule has 2 aromatic carbocycles. The van der Waals surface area contributed by atoms with Gasteiger partial charge in [-0.3, -0.25) is 9.59 Å². The van der Waals surface area contributed by atoms with Crippen LogP contribution in [0.15, 0.2) is 48.5 Å². The van der Waals surface area contributed by atoms with Gasteiger partial charge in [-0.05, 0) is 60.1 Å². The topological polar surface area (TPSA) is 86.9 Å². The first-order chi connectivity index (χ1) is 14.5. The van der Waals surface area contributed by atoms with E-state index in [1.54, 1.807) is 11.9 Å². The highest BCUT2D eigenvalue weighted by atomic mass is 16.3. The Labute approximate surface area is 178 Å². The zero-order valence-corrected chi connectivity index (χ0v) is 17.6. The lowest BCUT2D eigenvalue weighted by molar-refractivity contribution is -0.128. The van der Waals surface area contributed by atoms with Crippen molar-refractivity contribution < 1.29 is 14.7 Å². The summed E-state index contributed by atoms with van der Waals surface area (Å²) in [5.41, 5.74) is 9.21. The van der Waals surface area contributed by atoms with E-state index in [1.807, 2.05) is 47.4 Å². The average molecular weight is 410 g/mol. The molecule has 2 amide bonds. The number of likely N-dealkylation sites (N-methyl/N-ethyl adjacent to an activating group) is 1. The summed E-state index contributed by atoms with van der Waals surface area (Å²) in [6, 6.07) is 15.7. The molecule has 0 saturated carbocycles. The number of amides is 2. The van der Waals surface area contributed by atoms with Gasteiger partial charge in [0.15, 0.2) is 0 Å². The Morgan fingerprint density at radius 1 is 1.17 bits per heavy atom. The molecule has 1 unspecified atom stereocenters. The first-order valence-corrected chi connectivity index (χ1v) is 10.6. The molecule has 160 valence electrons. The van der Waals surface area contributed by atoms with E-state index in [1.165, 1.54) is 0 Å². The zero-order valence-electron chi connectivity index (χ0n) is 17.6. The van der Waals surface area contributed by atoms with Gasteiger partial charge in [0.2, 0.25) is 5.91 Å². The van der Waals surface area contributed by atoms with Crippen LogP contribution >= 0.6 is 0 Å². The summed E-state index contributed by atoms with van der Waals surface area (Å²) in [7, 11) is 1.74. The smallest absolute Gasteiger partial charge is 0.253 e. The van der Waals surface area contributed by atoms with Gasteiger partial charge >= 0.3 is 0 Å². The molecule has 0 radical (unpaired) electrons. The van der Waals surface area contributed by atoms with Crippen molar-refractivity contribution in [3.05, 3.63) is 59.7 Å². The molecule has 0 aliphatic carbocycles. The Morgan fingerprint density at radius 3 is 2.63 bits per heavy atom. The van der Waals surface area contributed by atoms with Crippen molar-refractivity contribution in [2.45, 2.75) is 25.8 Å². The summed E-state index contributed by atoms with van der Waals surface area (Å²) in [5.74, 6) is 0.348. The predicted molar refractivity (Wildman–Crippen MR) is 118 cm³/mol. The van der Waals surface area contributed by atoms with Crippen LogP contribution < -0.4 is 5.73 Å². The van der Waals surface area contributed by atoms with E-state index in [-0.39, 0.29) is 25.0 Å². The SMILES string of the molecule is CN(Cc1cccc(-c2ccc(C(=O)N3CCCC(CCO)C3)cc2)c1)C(=O)CN. The number of aliphatic hydroxyl groups is 1.